The smallest absolute Gasteiger partial charge is 0.197 e. The zero-order valence-electron chi connectivity index (χ0n) is 8.13. The summed E-state index contributed by atoms with van der Waals surface area (Å²) in [6.07, 6.45) is 0. The first-order valence-corrected chi connectivity index (χ1v) is 4.39. The van der Waals surface area contributed by atoms with Gasteiger partial charge >= 0.3 is 0 Å². The Hall–Kier alpha value is -1.77. The molecule has 3 nitrogen and oxygen atoms in total. The van der Waals surface area contributed by atoms with E-state index in [0.29, 0.717) is 16.5 Å². The van der Waals surface area contributed by atoms with Crippen molar-refractivity contribution in [2.45, 2.75) is 13.8 Å². The molecule has 0 amide bonds. The molecule has 0 aliphatic heterocycles. The second-order valence-corrected chi connectivity index (χ2v) is 3.42. The average molecular weight is 189 g/mol. The van der Waals surface area contributed by atoms with Gasteiger partial charge in [-0.2, -0.15) is 0 Å². The molecule has 0 aliphatic rings. The molecule has 0 spiro atoms. The summed E-state index contributed by atoms with van der Waals surface area (Å²) >= 11 is 0. The van der Waals surface area contributed by atoms with Crippen molar-refractivity contribution in [1.82, 2.24) is 0 Å². The minimum atomic E-state index is -0.0487. The van der Waals surface area contributed by atoms with Crippen LogP contribution in [0.3, 0.4) is 0 Å². The largest absolute Gasteiger partial charge is 0.440 e. The number of benzene rings is 1. The number of nitrogen functional groups attached to an aromatic ring is 1. The zero-order chi connectivity index (χ0) is 10.3. The van der Waals surface area contributed by atoms with Crippen molar-refractivity contribution in [3.8, 4) is 0 Å². The van der Waals surface area contributed by atoms with Gasteiger partial charge in [-0.25, -0.2) is 0 Å². The van der Waals surface area contributed by atoms with Crippen LogP contribution >= 0.6 is 0 Å². The van der Waals surface area contributed by atoms with Gasteiger partial charge in [0.1, 0.15) is 5.58 Å². The van der Waals surface area contributed by atoms with Gasteiger partial charge < -0.3 is 10.2 Å². The number of hydrogen-bond donors (Lipinski definition) is 1. The number of hydrogen-bond acceptors (Lipinski definition) is 3. The van der Waals surface area contributed by atoms with Gasteiger partial charge in [0.2, 0.25) is 0 Å². The Labute approximate surface area is 81.1 Å². The van der Waals surface area contributed by atoms with Crippen molar-refractivity contribution >= 4 is 16.9 Å². The van der Waals surface area contributed by atoms with E-state index in [9.17, 15) is 4.79 Å². The van der Waals surface area contributed by atoms with Crippen molar-refractivity contribution in [2.75, 3.05) is 5.73 Å². The summed E-state index contributed by atoms with van der Waals surface area (Å²) in [6, 6.07) is 5.47. The molecule has 2 aromatic rings. The Bertz CT molecular complexity index is 555. The molecule has 1 aromatic heterocycles. The molecule has 2 N–H and O–H groups in total. The fourth-order valence-corrected chi connectivity index (χ4v) is 1.42. The molecular formula is C11H11NO2. The molecule has 0 bridgehead atoms. The Kier molecular flexibility index (Phi) is 1.81. The first kappa shape index (κ1) is 8.81. The van der Waals surface area contributed by atoms with E-state index in [1.807, 2.05) is 19.1 Å². The van der Waals surface area contributed by atoms with Gasteiger partial charge in [-0.05, 0) is 26.0 Å². The van der Waals surface area contributed by atoms with E-state index >= 15 is 0 Å². The third-order valence-corrected chi connectivity index (χ3v) is 2.31. The van der Waals surface area contributed by atoms with E-state index in [1.54, 1.807) is 13.0 Å². The quantitative estimate of drug-likeness (QED) is 0.689. The highest BCUT2D eigenvalue weighted by molar-refractivity contribution is 5.79. The lowest BCUT2D eigenvalue weighted by atomic mass is 10.1. The van der Waals surface area contributed by atoms with Crippen LogP contribution in [0.5, 0.6) is 0 Å². The standard InChI is InChI=1S/C11H11NO2/c1-6-3-4-9-8(5-6)10(13)7(2)11(12)14-9/h3-5H,12H2,1-2H3. The summed E-state index contributed by atoms with van der Waals surface area (Å²) in [6.45, 7) is 3.60. The topological polar surface area (TPSA) is 56.2 Å². The maximum Gasteiger partial charge on any atom is 0.197 e. The van der Waals surface area contributed by atoms with E-state index in [2.05, 4.69) is 0 Å². The third-order valence-electron chi connectivity index (χ3n) is 2.31. The van der Waals surface area contributed by atoms with Gasteiger partial charge in [0.05, 0.1) is 10.9 Å². The predicted octanol–water partition coefficient (Wildman–Crippen LogP) is 1.99. The summed E-state index contributed by atoms with van der Waals surface area (Å²) in [7, 11) is 0. The summed E-state index contributed by atoms with van der Waals surface area (Å²) in [5.41, 5.74) is 7.57. The zero-order valence-corrected chi connectivity index (χ0v) is 8.13. The maximum absolute atomic E-state index is 11.8. The van der Waals surface area contributed by atoms with Crippen molar-refractivity contribution in [1.29, 1.82) is 0 Å². The van der Waals surface area contributed by atoms with Crippen molar-refractivity contribution in [3.63, 3.8) is 0 Å². The Morgan fingerprint density at radius 3 is 2.71 bits per heavy atom. The fraction of sp³-hybridized carbons (Fsp3) is 0.182. The van der Waals surface area contributed by atoms with Crippen LogP contribution in [0.2, 0.25) is 0 Å². The molecule has 1 aromatic carbocycles. The molecule has 0 saturated heterocycles. The van der Waals surface area contributed by atoms with E-state index < -0.39 is 0 Å². The summed E-state index contributed by atoms with van der Waals surface area (Å²) in [4.78, 5) is 11.8. The van der Waals surface area contributed by atoms with E-state index in [0.717, 1.165) is 5.56 Å². The molecule has 3 heteroatoms. The SMILES string of the molecule is Cc1ccc2oc(N)c(C)c(=O)c2c1. The fourth-order valence-electron chi connectivity index (χ4n) is 1.42. The Morgan fingerprint density at radius 1 is 1.29 bits per heavy atom. The number of fused-ring (bicyclic) bond motifs is 1. The van der Waals surface area contributed by atoms with Gasteiger partial charge in [-0.15, -0.1) is 0 Å². The highest BCUT2D eigenvalue weighted by Crippen LogP contribution is 2.17. The van der Waals surface area contributed by atoms with Crippen LogP contribution in [0, 0.1) is 13.8 Å². The van der Waals surface area contributed by atoms with Crippen LogP contribution < -0.4 is 11.2 Å². The van der Waals surface area contributed by atoms with Gasteiger partial charge in [0, 0.05) is 0 Å². The normalized spacial score (nSPS) is 10.7. The molecule has 0 fully saturated rings. The maximum atomic E-state index is 11.8. The Morgan fingerprint density at radius 2 is 2.00 bits per heavy atom. The molecule has 0 unspecified atom stereocenters. The summed E-state index contributed by atoms with van der Waals surface area (Å²) in [5, 5.41) is 0.594. The minimum absolute atomic E-state index is 0.0487. The molecule has 72 valence electrons. The van der Waals surface area contributed by atoms with Crippen molar-refractivity contribution < 1.29 is 4.42 Å². The van der Waals surface area contributed by atoms with Crippen LogP contribution in [-0.4, -0.2) is 0 Å². The highest BCUT2D eigenvalue weighted by Gasteiger charge is 2.07. The predicted molar refractivity (Wildman–Crippen MR) is 56.4 cm³/mol. The lowest BCUT2D eigenvalue weighted by Crippen LogP contribution is -2.08. The highest BCUT2D eigenvalue weighted by atomic mass is 16.3. The second kappa shape index (κ2) is 2.87. The number of anilines is 1. The average Bonchev–Trinajstić information content (AvgIpc) is 2.16. The summed E-state index contributed by atoms with van der Waals surface area (Å²) < 4.78 is 5.31. The lowest BCUT2D eigenvalue weighted by molar-refractivity contribution is 0.620. The van der Waals surface area contributed by atoms with E-state index in [4.69, 9.17) is 10.2 Å². The van der Waals surface area contributed by atoms with Gasteiger partial charge in [-0.3, -0.25) is 4.79 Å². The number of rotatable bonds is 0. The van der Waals surface area contributed by atoms with E-state index in [1.165, 1.54) is 0 Å². The second-order valence-electron chi connectivity index (χ2n) is 3.42. The van der Waals surface area contributed by atoms with Crippen LogP contribution in [0.25, 0.3) is 11.0 Å². The molecule has 0 atom stereocenters. The first-order chi connectivity index (χ1) is 6.59. The van der Waals surface area contributed by atoms with Crippen LogP contribution in [0.1, 0.15) is 11.1 Å². The van der Waals surface area contributed by atoms with Gasteiger partial charge in [0.25, 0.3) is 0 Å². The van der Waals surface area contributed by atoms with E-state index in [-0.39, 0.29) is 11.3 Å². The van der Waals surface area contributed by atoms with Crippen molar-refractivity contribution in [2.24, 2.45) is 0 Å². The van der Waals surface area contributed by atoms with Crippen molar-refractivity contribution in [3.05, 3.63) is 39.5 Å². The number of aryl methyl sites for hydroxylation is 1. The first-order valence-electron chi connectivity index (χ1n) is 4.39. The summed E-state index contributed by atoms with van der Waals surface area (Å²) in [5.74, 6) is 0.200. The van der Waals surface area contributed by atoms with Crippen LogP contribution in [-0.2, 0) is 0 Å². The molecule has 1 heterocycles. The number of nitrogens with two attached hydrogens (primary N) is 1. The third kappa shape index (κ3) is 1.18. The molecule has 14 heavy (non-hydrogen) atoms. The van der Waals surface area contributed by atoms with Gasteiger partial charge in [0.15, 0.2) is 11.3 Å². The van der Waals surface area contributed by atoms with Crippen LogP contribution in [0.15, 0.2) is 27.4 Å². The molecular weight excluding hydrogens is 178 g/mol. The van der Waals surface area contributed by atoms with Crippen LogP contribution in [0.4, 0.5) is 5.88 Å². The molecule has 2 rings (SSSR count). The lowest BCUT2D eigenvalue weighted by Gasteiger charge is -2.02. The molecule has 0 aliphatic carbocycles. The molecule has 0 saturated carbocycles. The molecule has 0 radical (unpaired) electrons. The van der Waals surface area contributed by atoms with Gasteiger partial charge in [-0.1, -0.05) is 11.6 Å². The monoisotopic (exact) mass is 189 g/mol. The Balaban J connectivity index is 2.99. The minimum Gasteiger partial charge on any atom is -0.440 e.